The maximum absolute atomic E-state index is 13.6. The maximum Gasteiger partial charge on any atom is 0.198 e. The zero-order valence-corrected chi connectivity index (χ0v) is 10.5. The first-order valence-electron chi connectivity index (χ1n) is 5.13. The Morgan fingerprint density at radius 1 is 1.62 bits per heavy atom. The Balaban J connectivity index is 2.49. The summed E-state index contributed by atoms with van der Waals surface area (Å²) in [6, 6.07) is 1.68. The van der Waals surface area contributed by atoms with E-state index in [0.29, 0.717) is 10.0 Å². The van der Waals surface area contributed by atoms with E-state index in [0.717, 1.165) is 19.4 Å². The molecule has 1 aliphatic rings. The number of benzene rings is 1. The third kappa shape index (κ3) is 1.89. The molecule has 1 fully saturated rings. The molecule has 16 heavy (non-hydrogen) atoms. The molecule has 0 aliphatic carbocycles. The van der Waals surface area contributed by atoms with Crippen molar-refractivity contribution < 1.29 is 14.2 Å². The number of nitrogens with one attached hydrogen (secondary N) is 1. The van der Waals surface area contributed by atoms with Crippen molar-refractivity contribution in [1.82, 2.24) is 5.32 Å². The highest BCUT2D eigenvalue weighted by Crippen LogP contribution is 2.41. The Morgan fingerprint density at radius 2 is 2.38 bits per heavy atom. The monoisotopic (exact) mass is 289 g/mol. The van der Waals surface area contributed by atoms with E-state index in [2.05, 4.69) is 21.2 Å². The van der Waals surface area contributed by atoms with Crippen LogP contribution in [0.2, 0.25) is 0 Å². The molecule has 1 aliphatic heterocycles. The molecule has 1 aromatic carbocycles. The normalized spacial score (nSPS) is 20.1. The van der Waals surface area contributed by atoms with E-state index < -0.39 is 5.82 Å². The van der Waals surface area contributed by atoms with Crippen LogP contribution in [0.25, 0.3) is 0 Å². The van der Waals surface area contributed by atoms with Crippen LogP contribution in [0.1, 0.15) is 24.4 Å². The number of ether oxygens (including phenoxy) is 1. The van der Waals surface area contributed by atoms with Crippen molar-refractivity contribution >= 4 is 15.9 Å². The molecule has 2 N–H and O–H groups in total. The van der Waals surface area contributed by atoms with Crippen LogP contribution in [-0.2, 0) is 0 Å². The smallest absolute Gasteiger partial charge is 0.198 e. The second-order valence-electron chi connectivity index (χ2n) is 3.79. The van der Waals surface area contributed by atoms with Gasteiger partial charge >= 0.3 is 0 Å². The lowest BCUT2D eigenvalue weighted by atomic mass is 10.0. The molecule has 0 spiro atoms. The van der Waals surface area contributed by atoms with E-state index in [9.17, 15) is 9.50 Å². The maximum atomic E-state index is 13.6. The third-order valence-electron chi connectivity index (χ3n) is 2.82. The van der Waals surface area contributed by atoms with Gasteiger partial charge in [-0.15, -0.1) is 0 Å². The average molecular weight is 290 g/mol. The second kappa shape index (κ2) is 4.59. The fourth-order valence-corrected chi connectivity index (χ4v) is 2.44. The topological polar surface area (TPSA) is 41.5 Å². The summed E-state index contributed by atoms with van der Waals surface area (Å²) in [6.07, 6.45) is 2.00. The minimum Gasteiger partial charge on any atom is -0.504 e. The van der Waals surface area contributed by atoms with Gasteiger partial charge in [-0.1, -0.05) is 0 Å². The van der Waals surface area contributed by atoms with Gasteiger partial charge in [-0.25, -0.2) is 4.39 Å². The Bertz CT molecular complexity index is 405. The van der Waals surface area contributed by atoms with Crippen LogP contribution in [-0.4, -0.2) is 18.8 Å². The number of phenols is 1. The molecule has 0 aromatic heterocycles. The largest absolute Gasteiger partial charge is 0.504 e. The van der Waals surface area contributed by atoms with Gasteiger partial charge in [0.25, 0.3) is 0 Å². The van der Waals surface area contributed by atoms with Gasteiger partial charge in [0.2, 0.25) is 0 Å². The van der Waals surface area contributed by atoms with Crippen molar-refractivity contribution in [2.75, 3.05) is 13.7 Å². The van der Waals surface area contributed by atoms with Crippen LogP contribution >= 0.6 is 15.9 Å². The number of rotatable bonds is 2. The average Bonchev–Trinajstić information content (AvgIpc) is 2.77. The van der Waals surface area contributed by atoms with Crippen molar-refractivity contribution in [2.45, 2.75) is 18.9 Å². The molecule has 1 atom stereocenters. The number of aromatic hydroxyl groups is 1. The van der Waals surface area contributed by atoms with Gasteiger partial charge in [0.05, 0.1) is 11.6 Å². The van der Waals surface area contributed by atoms with Crippen LogP contribution in [0.5, 0.6) is 11.5 Å². The van der Waals surface area contributed by atoms with Gasteiger partial charge in [0.1, 0.15) is 0 Å². The van der Waals surface area contributed by atoms with Crippen molar-refractivity contribution in [1.29, 1.82) is 0 Å². The number of phenolic OH excluding ortho intramolecular Hbond substituents is 1. The number of hydrogen-bond acceptors (Lipinski definition) is 3. The Kier molecular flexibility index (Phi) is 3.35. The van der Waals surface area contributed by atoms with Crippen LogP contribution in [0.4, 0.5) is 4.39 Å². The first-order chi connectivity index (χ1) is 7.65. The number of methoxy groups -OCH3 is 1. The highest BCUT2D eigenvalue weighted by molar-refractivity contribution is 9.10. The Labute approximate surface area is 102 Å². The summed E-state index contributed by atoms with van der Waals surface area (Å²) in [5, 5.41) is 13.2. The molecule has 0 saturated carbocycles. The molecular weight excluding hydrogens is 277 g/mol. The molecule has 0 amide bonds. The van der Waals surface area contributed by atoms with Crippen LogP contribution in [0.3, 0.4) is 0 Å². The summed E-state index contributed by atoms with van der Waals surface area (Å²) >= 11 is 3.13. The predicted octanol–water partition coefficient (Wildman–Crippen LogP) is 2.73. The molecular formula is C11H13BrFNO2. The van der Waals surface area contributed by atoms with Crippen LogP contribution in [0, 0.1) is 5.82 Å². The highest BCUT2D eigenvalue weighted by Gasteiger charge is 2.25. The summed E-state index contributed by atoms with van der Waals surface area (Å²) in [4.78, 5) is 0. The summed E-state index contributed by atoms with van der Waals surface area (Å²) < 4.78 is 18.8. The van der Waals surface area contributed by atoms with E-state index in [4.69, 9.17) is 4.74 Å². The first kappa shape index (κ1) is 11.7. The minimum absolute atomic E-state index is 0.0748. The van der Waals surface area contributed by atoms with Crippen molar-refractivity contribution in [3.05, 3.63) is 21.9 Å². The van der Waals surface area contributed by atoms with Gasteiger partial charge in [-0.2, -0.15) is 0 Å². The molecule has 1 heterocycles. The van der Waals surface area contributed by atoms with E-state index in [1.54, 1.807) is 6.07 Å². The molecule has 0 bridgehead atoms. The van der Waals surface area contributed by atoms with E-state index in [1.165, 1.54) is 7.11 Å². The lowest BCUT2D eigenvalue weighted by Crippen LogP contribution is -2.13. The summed E-state index contributed by atoms with van der Waals surface area (Å²) in [6.45, 7) is 0.918. The van der Waals surface area contributed by atoms with Crippen LogP contribution in [0.15, 0.2) is 10.5 Å². The molecule has 0 radical (unpaired) electrons. The Hall–Kier alpha value is -0.810. The highest BCUT2D eigenvalue weighted by atomic mass is 79.9. The number of hydrogen-bond donors (Lipinski definition) is 2. The number of halogens is 2. The molecule has 1 unspecified atom stereocenters. The molecule has 3 nitrogen and oxygen atoms in total. The molecule has 88 valence electrons. The van der Waals surface area contributed by atoms with Crippen molar-refractivity contribution in [3.63, 3.8) is 0 Å². The van der Waals surface area contributed by atoms with Gasteiger partial charge < -0.3 is 15.2 Å². The SMILES string of the molecule is COc1c(O)c(C2CCCN2)cc(Br)c1F. The molecule has 1 saturated heterocycles. The van der Waals surface area contributed by atoms with Crippen molar-refractivity contribution in [3.8, 4) is 11.5 Å². The van der Waals surface area contributed by atoms with E-state index in [-0.39, 0.29) is 17.5 Å². The molecule has 2 rings (SSSR count). The predicted molar refractivity (Wildman–Crippen MR) is 62.3 cm³/mol. The van der Waals surface area contributed by atoms with Gasteiger partial charge in [-0.3, -0.25) is 0 Å². The summed E-state index contributed by atoms with van der Waals surface area (Å²) in [7, 11) is 1.34. The second-order valence-corrected chi connectivity index (χ2v) is 4.65. The third-order valence-corrected chi connectivity index (χ3v) is 3.40. The molecule has 1 aromatic rings. The fraction of sp³-hybridized carbons (Fsp3) is 0.455. The van der Waals surface area contributed by atoms with E-state index >= 15 is 0 Å². The minimum atomic E-state index is -0.568. The zero-order valence-electron chi connectivity index (χ0n) is 8.89. The quantitative estimate of drug-likeness (QED) is 0.880. The lowest BCUT2D eigenvalue weighted by molar-refractivity contribution is 0.345. The fourth-order valence-electron chi connectivity index (χ4n) is 2.01. The van der Waals surface area contributed by atoms with Gasteiger partial charge in [0, 0.05) is 11.6 Å². The van der Waals surface area contributed by atoms with Crippen molar-refractivity contribution in [2.24, 2.45) is 0 Å². The van der Waals surface area contributed by atoms with Gasteiger partial charge in [0.15, 0.2) is 17.3 Å². The molecule has 5 heteroatoms. The Morgan fingerprint density at radius 3 is 2.94 bits per heavy atom. The standard InChI is InChI=1S/C11H13BrFNO2/c1-16-11-9(13)7(12)5-6(10(11)15)8-3-2-4-14-8/h5,8,14-15H,2-4H2,1H3. The van der Waals surface area contributed by atoms with Crippen LogP contribution < -0.4 is 10.1 Å². The summed E-state index contributed by atoms with van der Waals surface area (Å²) in [5.74, 6) is -0.776. The van der Waals surface area contributed by atoms with E-state index in [1.807, 2.05) is 0 Å². The lowest BCUT2D eigenvalue weighted by Gasteiger charge is -2.16. The summed E-state index contributed by atoms with van der Waals surface area (Å²) in [5.41, 5.74) is 0.683. The zero-order chi connectivity index (χ0) is 11.7. The first-order valence-corrected chi connectivity index (χ1v) is 5.92. The van der Waals surface area contributed by atoms with Gasteiger partial charge in [-0.05, 0) is 41.4 Å².